The van der Waals surface area contributed by atoms with E-state index in [4.69, 9.17) is 24.5 Å². The molecule has 1 aromatic rings. The Balaban J connectivity index is 1.90. The molecule has 0 aliphatic carbocycles. The molecule has 1 fully saturated rings. The molecule has 1 aromatic carbocycles. The van der Waals surface area contributed by atoms with E-state index in [2.05, 4.69) is 0 Å². The monoisotopic (exact) mass is 319 g/mol. The minimum atomic E-state index is -0.796. The van der Waals surface area contributed by atoms with E-state index in [1.807, 2.05) is 45.9 Å². The van der Waals surface area contributed by atoms with Crippen molar-refractivity contribution in [3.63, 3.8) is 0 Å². The van der Waals surface area contributed by atoms with Crippen molar-refractivity contribution in [1.29, 1.82) is 0 Å². The fraction of sp³-hybridized carbons (Fsp3) is 0.562. The van der Waals surface area contributed by atoms with Crippen LogP contribution in [0.2, 0.25) is 0 Å². The molecule has 124 valence electrons. The van der Waals surface area contributed by atoms with Gasteiger partial charge in [0.25, 0.3) is 0 Å². The van der Waals surface area contributed by atoms with Crippen LogP contribution in [0, 0.1) is 0 Å². The van der Waals surface area contributed by atoms with Crippen LogP contribution < -0.4 is 15.9 Å². The minimum Gasteiger partial charge on any atom is -0.489 e. The topological polar surface area (TPSA) is 80.0 Å². The molecule has 1 saturated heterocycles. The molecule has 0 aromatic heterocycles. The van der Waals surface area contributed by atoms with Crippen LogP contribution >= 0.6 is 0 Å². The van der Waals surface area contributed by atoms with Crippen LogP contribution in [0.1, 0.15) is 33.3 Å². The minimum absolute atomic E-state index is 0.294. The lowest BCUT2D eigenvalue weighted by Crippen LogP contribution is -2.41. The van der Waals surface area contributed by atoms with Crippen LogP contribution in [-0.2, 0) is 20.5 Å². The van der Waals surface area contributed by atoms with Gasteiger partial charge in [0, 0.05) is 6.42 Å². The summed E-state index contributed by atoms with van der Waals surface area (Å²) in [5, 5.41) is 0. The maximum Gasteiger partial charge on any atom is 0.495 e. The Morgan fingerprint density at radius 2 is 1.91 bits per heavy atom. The normalized spacial score (nSPS) is 24.7. The third-order valence-electron chi connectivity index (χ3n) is 4.82. The molecule has 2 heterocycles. The molecule has 7 heteroatoms. The van der Waals surface area contributed by atoms with Gasteiger partial charge in [-0.15, -0.1) is 0 Å². The lowest BCUT2D eigenvalue weighted by atomic mass is 9.74. The number of primary amides is 1. The van der Waals surface area contributed by atoms with Crippen LogP contribution in [0.25, 0.3) is 0 Å². The standard InChI is InChI=1S/C16H22BNO5/c1-15(2)16(3,4)23-17(22-15)12-6-5-7-13-11(12)8-10(9-20-13)21-14(18)19/h5-7,10H,8-9H2,1-4H3,(H2,18,19)/t10-/m0/s1. The SMILES string of the molecule is CC1(C)OB(c2cccc3c2C[C@H](OC(N)=O)CO3)OC1(C)C. The van der Waals surface area contributed by atoms with Gasteiger partial charge in [-0.1, -0.05) is 12.1 Å². The maximum absolute atomic E-state index is 11.0. The number of carbonyl (C=O) groups is 1. The molecule has 3 rings (SSSR count). The molecule has 2 aliphatic heterocycles. The molecule has 0 spiro atoms. The van der Waals surface area contributed by atoms with Gasteiger partial charge in [-0.25, -0.2) is 4.79 Å². The highest BCUT2D eigenvalue weighted by Gasteiger charge is 2.52. The van der Waals surface area contributed by atoms with Crippen molar-refractivity contribution in [3.05, 3.63) is 23.8 Å². The van der Waals surface area contributed by atoms with E-state index in [1.165, 1.54) is 0 Å². The summed E-state index contributed by atoms with van der Waals surface area (Å²) in [6.07, 6.45) is -0.669. The van der Waals surface area contributed by atoms with Crippen molar-refractivity contribution in [2.45, 2.75) is 51.4 Å². The first-order valence-corrected chi connectivity index (χ1v) is 7.76. The Bertz CT molecular complexity index is 615. The van der Waals surface area contributed by atoms with E-state index in [0.717, 1.165) is 16.8 Å². The molecule has 2 aliphatic rings. The number of carbonyl (C=O) groups excluding carboxylic acids is 1. The number of benzene rings is 1. The van der Waals surface area contributed by atoms with E-state index in [1.54, 1.807) is 0 Å². The van der Waals surface area contributed by atoms with Crippen molar-refractivity contribution >= 4 is 18.7 Å². The van der Waals surface area contributed by atoms with Gasteiger partial charge < -0.3 is 24.5 Å². The number of hydrogen-bond acceptors (Lipinski definition) is 5. The van der Waals surface area contributed by atoms with Crippen LogP contribution in [0.5, 0.6) is 5.75 Å². The highest BCUT2D eigenvalue weighted by molar-refractivity contribution is 6.62. The third kappa shape index (κ3) is 2.91. The highest BCUT2D eigenvalue weighted by Crippen LogP contribution is 2.37. The van der Waals surface area contributed by atoms with E-state index in [9.17, 15) is 4.79 Å². The number of nitrogens with two attached hydrogens (primary N) is 1. The Kier molecular flexibility index (Phi) is 3.81. The molecule has 1 amide bonds. The summed E-state index contributed by atoms with van der Waals surface area (Å²) in [5.74, 6) is 0.765. The van der Waals surface area contributed by atoms with Gasteiger partial charge in [0.05, 0.1) is 11.2 Å². The molecular weight excluding hydrogens is 297 g/mol. The fourth-order valence-corrected chi connectivity index (χ4v) is 2.84. The summed E-state index contributed by atoms with van der Waals surface area (Å²) < 4.78 is 23.0. The van der Waals surface area contributed by atoms with Gasteiger partial charge in [-0.2, -0.15) is 0 Å². The molecule has 6 nitrogen and oxygen atoms in total. The van der Waals surface area contributed by atoms with Crippen LogP contribution in [0.15, 0.2) is 18.2 Å². The number of ether oxygens (including phenoxy) is 2. The van der Waals surface area contributed by atoms with Gasteiger partial charge >= 0.3 is 13.2 Å². The van der Waals surface area contributed by atoms with Crippen LogP contribution in [-0.4, -0.2) is 37.1 Å². The lowest BCUT2D eigenvalue weighted by Gasteiger charge is -2.32. The van der Waals surface area contributed by atoms with Gasteiger partial charge in [0.1, 0.15) is 18.5 Å². The third-order valence-corrected chi connectivity index (χ3v) is 4.82. The zero-order chi connectivity index (χ0) is 16.8. The summed E-state index contributed by atoms with van der Waals surface area (Å²) in [5.41, 5.74) is 6.11. The quantitative estimate of drug-likeness (QED) is 0.833. The Labute approximate surface area is 136 Å². The first-order chi connectivity index (χ1) is 10.7. The van der Waals surface area contributed by atoms with Crippen molar-refractivity contribution < 1.29 is 23.6 Å². The van der Waals surface area contributed by atoms with Gasteiger partial charge in [0.15, 0.2) is 0 Å². The second-order valence-corrected chi connectivity index (χ2v) is 6.99. The van der Waals surface area contributed by atoms with Crippen molar-refractivity contribution in [1.82, 2.24) is 0 Å². The van der Waals surface area contributed by atoms with Crippen molar-refractivity contribution in [3.8, 4) is 5.75 Å². The largest absolute Gasteiger partial charge is 0.495 e. The summed E-state index contributed by atoms with van der Waals surface area (Å²) in [6.45, 7) is 8.34. The highest BCUT2D eigenvalue weighted by atomic mass is 16.7. The molecule has 1 atom stereocenters. The lowest BCUT2D eigenvalue weighted by molar-refractivity contribution is 0.00578. The Hall–Kier alpha value is -1.73. The predicted molar refractivity (Wildman–Crippen MR) is 85.8 cm³/mol. The molecule has 2 N–H and O–H groups in total. The second kappa shape index (κ2) is 5.42. The van der Waals surface area contributed by atoms with Gasteiger partial charge in [-0.05, 0) is 44.8 Å². The molecule has 0 bridgehead atoms. The maximum atomic E-state index is 11.0. The smallest absolute Gasteiger partial charge is 0.489 e. The molecule has 0 unspecified atom stereocenters. The zero-order valence-corrected chi connectivity index (χ0v) is 13.9. The number of rotatable bonds is 2. The summed E-state index contributed by atoms with van der Waals surface area (Å²) >= 11 is 0. The predicted octanol–water partition coefficient (Wildman–Crippen LogP) is 1.38. The van der Waals surface area contributed by atoms with Gasteiger partial charge in [-0.3, -0.25) is 0 Å². The Morgan fingerprint density at radius 1 is 1.26 bits per heavy atom. The van der Waals surface area contributed by atoms with Crippen molar-refractivity contribution in [2.24, 2.45) is 5.73 Å². The first kappa shape index (κ1) is 16.1. The molecule has 23 heavy (non-hydrogen) atoms. The second-order valence-electron chi connectivity index (χ2n) is 6.99. The van der Waals surface area contributed by atoms with E-state index in [-0.39, 0.29) is 0 Å². The number of hydrogen-bond donors (Lipinski definition) is 1. The van der Waals surface area contributed by atoms with E-state index >= 15 is 0 Å². The van der Waals surface area contributed by atoms with Gasteiger partial charge in [0.2, 0.25) is 0 Å². The summed E-state index contributed by atoms with van der Waals surface area (Å²) in [6, 6.07) is 5.76. The van der Waals surface area contributed by atoms with Crippen LogP contribution in [0.4, 0.5) is 4.79 Å². The average molecular weight is 319 g/mol. The molecule has 0 radical (unpaired) electrons. The Morgan fingerprint density at radius 3 is 2.52 bits per heavy atom. The van der Waals surface area contributed by atoms with E-state index in [0.29, 0.717) is 13.0 Å². The summed E-state index contributed by atoms with van der Waals surface area (Å²) in [4.78, 5) is 11.0. The first-order valence-electron chi connectivity index (χ1n) is 7.76. The summed E-state index contributed by atoms with van der Waals surface area (Å²) in [7, 11) is -0.481. The molecule has 0 saturated carbocycles. The zero-order valence-electron chi connectivity index (χ0n) is 13.9. The molecular formula is C16H22BNO5. The number of amides is 1. The average Bonchev–Trinajstić information content (AvgIpc) is 2.66. The van der Waals surface area contributed by atoms with Crippen LogP contribution in [0.3, 0.4) is 0 Å². The number of fused-ring (bicyclic) bond motifs is 1. The fourth-order valence-electron chi connectivity index (χ4n) is 2.84. The van der Waals surface area contributed by atoms with E-state index < -0.39 is 30.5 Å². The van der Waals surface area contributed by atoms with Crippen molar-refractivity contribution in [2.75, 3.05) is 6.61 Å².